The molecule has 0 fully saturated rings. The minimum absolute atomic E-state index is 0.0552. The number of carboxylic acids is 1. The van der Waals surface area contributed by atoms with Gasteiger partial charge < -0.3 is 15.3 Å². The topological polar surface area (TPSA) is 69.6 Å². The summed E-state index contributed by atoms with van der Waals surface area (Å²) < 4.78 is 0. The number of amides is 1. The van der Waals surface area contributed by atoms with Crippen molar-refractivity contribution in [2.75, 3.05) is 35.3 Å². The van der Waals surface area contributed by atoms with Crippen LogP contribution < -0.4 is 10.2 Å². The molecule has 1 aromatic rings. The Balaban J connectivity index is 1.91. The van der Waals surface area contributed by atoms with E-state index in [0.29, 0.717) is 0 Å². The fourth-order valence-corrected chi connectivity index (χ4v) is 2.58. The lowest BCUT2D eigenvalue weighted by Gasteiger charge is -2.13. The van der Waals surface area contributed by atoms with Crippen molar-refractivity contribution in [3.63, 3.8) is 0 Å². The molecule has 102 valence electrons. The second-order valence-corrected chi connectivity index (χ2v) is 5.44. The number of thioether (sulfide) groups is 1. The molecule has 1 aliphatic rings. The molecule has 1 amide bonds. The number of hydrogen-bond donors (Lipinski definition) is 2. The summed E-state index contributed by atoms with van der Waals surface area (Å²) in [5.74, 6) is -0.983. The molecule has 0 saturated heterocycles. The monoisotopic (exact) mass is 280 g/mol. The number of carbonyl (C=O) groups is 2. The van der Waals surface area contributed by atoms with Crippen molar-refractivity contribution >= 4 is 35.0 Å². The zero-order chi connectivity index (χ0) is 13.8. The number of hydrogen-bond acceptors (Lipinski definition) is 4. The van der Waals surface area contributed by atoms with Crippen molar-refractivity contribution in [3.05, 3.63) is 23.8 Å². The molecule has 5 nitrogen and oxygen atoms in total. The fourth-order valence-electron chi connectivity index (χ4n) is 2.05. The highest BCUT2D eigenvalue weighted by Gasteiger charge is 2.16. The molecule has 1 aliphatic heterocycles. The molecule has 0 aliphatic carbocycles. The smallest absolute Gasteiger partial charge is 0.313 e. The van der Waals surface area contributed by atoms with E-state index in [9.17, 15) is 9.59 Å². The number of benzene rings is 1. The van der Waals surface area contributed by atoms with E-state index in [2.05, 4.69) is 10.2 Å². The number of anilines is 2. The maximum atomic E-state index is 11.6. The van der Waals surface area contributed by atoms with Crippen molar-refractivity contribution in [1.82, 2.24) is 0 Å². The average molecular weight is 280 g/mol. The van der Waals surface area contributed by atoms with Crippen molar-refractivity contribution in [1.29, 1.82) is 0 Å². The van der Waals surface area contributed by atoms with Gasteiger partial charge >= 0.3 is 5.97 Å². The van der Waals surface area contributed by atoms with Crippen LogP contribution in [0.3, 0.4) is 0 Å². The van der Waals surface area contributed by atoms with E-state index < -0.39 is 5.97 Å². The molecule has 0 unspecified atom stereocenters. The maximum Gasteiger partial charge on any atom is 0.313 e. The maximum absolute atomic E-state index is 11.6. The lowest BCUT2D eigenvalue weighted by Crippen LogP contribution is -2.16. The van der Waals surface area contributed by atoms with Crippen molar-refractivity contribution < 1.29 is 14.7 Å². The minimum atomic E-state index is -0.906. The molecule has 1 heterocycles. The van der Waals surface area contributed by atoms with Crippen molar-refractivity contribution in [2.45, 2.75) is 6.42 Å². The second-order valence-electron chi connectivity index (χ2n) is 4.45. The molecule has 1 aromatic carbocycles. The van der Waals surface area contributed by atoms with Crippen molar-refractivity contribution in [3.8, 4) is 0 Å². The molecule has 0 atom stereocenters. The lowest BCUT2D eigenvalue weighted by molar-refractivity contribution is -0.133. The van der Waals surface area contributed by atoms with E-state index in [1.54, 1.807) is 0 Å². The zero-order valence-corrected chi connectivity index (χ0v) is 11.5. The van der Waals surface area contributed by atoms with Gasteiger partial charge in [-0.3, -0.25) is 9.59 Å². The second kappa shape index (κ2) is 5.97. The van der Waals surface area contributed by atoms with Crippen LogP contribution in [0.1, 0.15) is 5.56 Å². The van der Waals surface area contributed by atoms with Crippen LogP contribution in [-0.2, 0) is 16.0 Å². The van der Waals surface area contributed by atoms with E-state index in [1.165, 1.54) is 5.56 Å². The Bertz CT molecular complexity index is 505. The summed E-state index contributed by atoms with van der Waals surface area (Å²) in [6, 6.07) is 5.87. The average Bonchev–Trinajstić information content (AvgIpc) is 2.70. The third kappa shape index (κ3) is 3.64. The number of aliphatic carboxylic acids is 1. The molecule has 0 bridgehead atoms. The highest BCUT2D eigenvalue weighted by molar-refractivity contribution is 8.00. The zero-order valence-electron chi connectivity index (χ0n) is 10.7. The first-order chi connectivity index (χ1) is 9.06. The van der Waals surface area contributed by atoms with Gasteiger partial charge in [-0.05, 0) is 24.1 Å². The predicted octanol–water partition coefficient (Wildman–Crippen LogP) is 1.44. The number of nitrogens with one attached hydrogen (secondary N) is 1. The number of rotatable bonds is 5. The van der Waals surface area contributed by atoms with E-state index in [1.807, 2.05) is 25.2 Å². The van der Waals surface area contributed by atoms with Crippen molar-refractivity contribution in [2.24, 2.45) is 0 Å². The molecule has 0 spiro atoms. The van der Waals surface area contributed by atoms with Gasteiger partial charge in [-0.25, -0.2) is 0 Å². The standard InChI is InChI=1S/C13H16N2O3S/c1-15-5-4-9-2-3-10(6-11(9)15)14-12(16)7-19-8-13(17)18/h2-3,6H,4-5,7-8H2,1H3,(H,14,16)(H,17,18). The number of fused-ring (bicyclic) bond motifs is 1. The summed E-state index contributed by atoms with van der Waals surface area (Å²) in [6.07, 6.45) is 1.04. The van der Waals surface area contributed by atoms with E-state index in [-0.39, 0.29) is 17.4 Å². The highest BCUT2D eigenvalue weighted by Crippen LogP contribution is 2.29. The normalized spacial score (nSPS) is 13.2. The van der Waals surface area contributed by atoms with Crippen LogP contribution in [0, 0.1) is 0 Å². The first-order valence-electron chi connectivity index (χ1n) is 5.99. The summed E-state index contributed by atoms with van der Waals surface area (Å²) in [5, 5.41) is 11.3. The summed E-state index contributed by atoms with van der Waals surface area (Å²) in [6.45, 7) is 1.00. The SMILES string of the molecule is CN1CCc2ccc(NC(=O)CSCC(=O)O)cc21. The summed E-state index contributed by atoms with van der Waals surface area (Å²) >= 11 is 1.09. The Hall–Kier alpha value is -1.69. The Morgan fingerprint density at radius 2 is 2.21 bits per heavy atom. The van der Waals surface area contributed by atoms with Crippen LogP contribution in [-0.4, -0.2) is 42.1 Å². The number of nitrogens with zero attached hydrogens (tertiary/aromatic N) is 1. The largest absolute Gasteiger partial charge is 0.481 e. The molecular weight excluding hydrogens is 264 g/mol. The number of carboxylic acid groups (broad SMARTS) is 1. The number of likely N-dealkylation sites (N-methyl/N-ethyl adjacent to an activating group) is 1. The van der Waals surface area contributed by atoms with Gasteiger partial charge in [0.25, 0.3) is 0 Å². The van der Waals surface area contributed by atoms with Crippen LogP contribution in [0.25, 0.3) is 0 Å². The minimum Gasteiger partial charge on any atom is -0.481 e. The highest BCUT2D eigenvalue weighted by atomic mass is 32.2. The van der Waals surface area contributed by atoms with E-state index in [4.69, 9.17) is 5.11 Å². The third-order valence-electron chi connectivity index (χ3n) is 2.96. The summed E-state index contributed by atoms with van der Waals surface area (Å²) in [7, 11) is 2.03. The van der Waals surface area contributed by atoms with Crippen LogP contribution in [0.4, 0.5) is 11.4 Å². The van der Waals surface area contributed by atoms with Gasteiger partial charge in [-0.15, -0.1) is 11.8 Å². The Morgan fingerprint density at radius 1 is 1.42 bits per heavy atom. The fraction of sp³-hybridized carbons (Fsp3) is 0.385. The molecule has 6 heteroatoms. The Labute approximate surface area is 116 Å². The molecule has 0 saturated carbocycles. The van der Waals surface area contributed by atoms with Gasteiger partial charge in [-0.1, -0.05) is 6.07 Å². The van der Waals surface area contributed by atoms with Gasteiger partial charge in [0.2, 0.25) is 5.91 Å². The van der Waals surface area contributed by atoms with Gasteiger partial charge in [0.1, 0.15) is 0 Å². The Morgan fingerprint density at radius 3 is 2.95 bits per heavy atom. The molecule has 2 rings (SSSR count). The van der Waals surface area contributed by atoms with Crippen LogP contribution in [0.5, 0.6) is 0 Å². The molecule has 2 N–H and O–H groups in total. The molecular formula is C13H16N2O3S. The van der Waals surface area contributed by atoms with E-state index in [0.717, 1.165) is 36.1 Å². The van der Waals surface area contributed by atoms with Gasteiger partial charge in [0.15, 0.2) is 0 Å². The molecule has 19 heavy (non-hydrogen) atoms. The first-order valence-corrected chi connectivity index (χ1v) is 7.15. The first kappa shape index (κ1) is 13.7. The Kier molecular flexibility index (Phi) is 4.31. The summed E-state index contributed by atoms with van der Waals surface area (Å²) in [5.41, 5.74) is 3.20. The van der Waals surface area contributed by atoms with Gasteiger partial charge in [0.05, 0.1) is 11.5 Å². The van der Waals surface area contributed by atoms with Gasteiger partial charge in [-0.2, -0.15) is 0 Å². The number of carbonyl (C=O) groups excluding carboxylic acids is 1. The summed E-state index contributed by atoms with van der Waals surface area (Å²) in [4.78, 5) is 24.1. The molecule has 0 radical (unpaired) electrons. The van der Waals surface area contributed by atoms with Crippen LogP contribution in [0.2, 0.25) is 0 Å². The van der Waals surface area contributed by atoms with E-state index >= 15 is 0 Å². The van der Waals surface area contributed by atoms with Crippen LogP contribution in [0.15, 0.2) is 18.2 Å². The molecule has 0 aromatic heterocycles. The lowest BCUT2D eigenvalue weighted by atomic mass is 10.1. The predicted molar refractivity (Wildman–Crippen MR) is 77.0 cm³/mol. The third-order valence-corrected chi connectivity index (χ3v) is 3.87. The quantitative estimate of drug-likeness (QED) is 0.854. The van der Waals surface area contributed by atoms with Crippen LogP contribution >= 0.6 is 11.8 Å². The van der Waals surface area contributed by atoms with Gasteiger partial charge in [0, 0.05) is 25.0 Å².